The molecule has 4 heteroatoms. The number of aliphatic hydroxyl groups excluding tert-OH is 1. The molecule has 0 aliphatic heterocycles. The summed E-state index contributed by atoms with van der Waals surface area (Å²) in [5.74, 6) is 0.249. The summed E-state index contributed by atoms with van der Waals surface area (Å²) in [6.07, 6.45) is 0.697. The Bertz CT molecular complexity index is 480. The van der Waals surface area contributed by atoms with Crippen molar-refractivity contribution >= 4 is 11.6 Å². The molecule has 0 spiro atoms. The van der Waals surface area contributed by atoms with Crippen LogP contribution in [0.4, 0.5) is 0 Å². The molecule has 3 N–H and O–H groups in total. The van der Waals surface area contributed by atoms with E-state index in [-0.39, 0.29) is 18.4 Å². The van der Waals surface area contributed by atoms with Crippen molar-refractivity contribution in [3.05, 3.63) is 64.7 Å². The average molecular weight is 292 g/mol. The monoisotopic (exact) mass is 291 g/mol. The molecule has 0 saturated heterocycles. The molecule has 0 amide bonds. The van der Waals surface area contributed by atoms with E-state index in [4.69, 9.17) is 16.7 Å². The third-order valence-electron chi connectivity index (χ3n) is 3.11. The molecular weight excluding hydrogens is 274 g/mol. The van der Waals surface area contributed by atoms with Crippen molar-refractivity contribution in [1.29, 1.82) is 0 Å². The first kappa shape index (κ1) is 14.9. The summed E-state index contributed by atoms with van der Waals surface area (Å²) in [6.45, 7) is 0.876. The zero-order valence-electron chi connectivity index (χ0n) is 11.1. The third-order valence-corrected chi connectivity index (χ3v) is 3.37. The molecule has 0 aliphatic carbocycles. The molecular formula is C16H18ClNO2. The number of aromatic hydroxyl groups is 1. The van der Waals surface area contributed by atoms with Crippen molar-refractivity contribution < 1.29 is 10.2 Å². The molecule has 0 aromatic heterocycles. The van der Waals surface area contributed by atoms with Crippen molar-refractivity contribution in [2.24, 2.45) is 0 Å². The lowest BCUT2D eigenvalue weighted by atomic mass is 9.98. The number of phenolic OH excluding ortho intramolecular Hbond substituents is 1. The Balaban J connectivity index is 2.23. The van der Waals surface area contributed by atoms with E-state index < -0.39 is 0 Å². The van der Waals surface area contributed by atoms with Gasteiger partial charge in [-0.05, 0) is 48.4 Å². The second-order valence-corrected chi connectivity index (χ2v) is 5.04. The molecule has 0 radical (unpaired) electrons. The number of rotatable bonds is 6. The van der Waals surface area contributed by atoms with Gasteiger partial charge >= 0.3 is 0 Å². The molecule has 3 nitrogen and oxygen atoms in total. The Morgan fingerprint density at radius 3 is 2.05 bits per heavy atom. The fourth-order valence-corrected chi connectivity index (χ4v) is 2.20. The third kappa shape index (κ3) is 3.97. The second-order valence-electron chi connectivity index (χ2n) is 4.61. The lowest BCUT2D eigenvalue weighted by Crippen LogP contribution is -2.24. The van der Waals surface area contributed by atoms with Gasteiger partial charge in [-0.1, -0.05) is 35.9 Å². The number of aliphatic hydroxyl groups is 1. The maximum absolute atomic E-state index is 9.39. The lowest BCUT2D eigenvalue weighted by Gasteiger charge is -2.20. The van der Waals surface area contributed by atoms with Crippen molar-refractivity contribution in [2.75, 3.05) is 13.2 Å². The van der Waals surface area contributed by atoms with Gasteiger partial charge in [-0.25, -0.2) is 0 Å². The van der Waals surface area contributed by atoms with Gasteiger partial charge < -0.3 is 15.5 Å². The molecule has 0 fully saturated rings. The fourth-order valence-electron chi connectivity index (χ4n) is 2.08. The average Bonchev–Trinajstić information content (AvgIpc) is 2.46. The van der Waals surface area contributed by atoms with Gasteiger partial charge in [0.15, 0.2) is 0 Å². The van der Waals surface area contributed by atoms with E-state index in [0.717, 1.165) is 11.1 Å². The van der Waals surface area contributed by atoms with Crippen LogP contribution in [-0.2, 0) is 0 Å². The van der Waals surface area contributed by atoms with Gasteiger partial charge in [-0.15, -0.1) is 0 Å². The van der Waals surface area contributed by atoms with Gasteiger partial charge in [-0.3, -0.25) is 0 Å². The quantitative estimate of drug-likeness (QED) is 0.717. The van der Waals surface area contributed by atoms with Crippen LogP contribution in [0.25, 0.3) is 0 Å². The highest BCUT2D eigenvalue weighted by molar-refractivity contribution is 6.30. The molecule has 0 saturated carbocycles. The molecule has 106 valence electrons. The number of phenols is 1. The standard InChI is InChI=1S/C16H18ClNO2/c17-14-6-2-12(3-7-14)16(18-10-1-11-19)13-4-8-15(20)9-5-13/h2-9,16,18-20H,1,10-11H2. The Labute approximate surface area is 123 Å². The SMILES string of the molecule is OCCCNC(c1ccc(O)cc1)c1ccc(Cl)cc1. The number of hydrogen-bond acceptors (Lipinski definition) is 3. The summed E-state index contributed by atoms with van der Waals surface area (Å²) >= 11 is 5.92. The first-order valence-electron chi connectivity index (χ1n) is 6.59. The summed E-state index contributed by atoms with van der Waals surface area (Å²) in [5, 5.41) is 22.4. The Morgan fingerprint density at radius 2 is 1.50 bits per heavy atom. The van der Waals surface area contributed by atoms with Crippen LogP contribution in [0.3, 0.4) is 0 Å². The second kappa shape index (κ2) is 7.29. The van der Waals surface area contributed by atoms with Crippen molar-refractivity contribution in [2.45, 2.75) is 12.5 Å². The van der Waals surface area contributed by atoms with E-state index in [2.05, 4.69) is 5.32 Å². The predicted octanol–water partition coefficient (Wildman–Crippen LogP) is 3.11. The molecule has 2 aromatic rings. The van der Waals surface area contributed by atoms with Crippen molar-refractivity contribution in [1.82, 2.24) is 5.32 Å². The first-order valence-corrected chi connectivity index (χ1v) is 6.97. The molecule has 0 heterocycles. The van der Waals surface area contributed by atoms with E-state index in [1.165, 1.54) is 0 Å². The highest BCUT2D eigenvalue weighted by Gasteiger charge is 2.13. The summed E-state index contributed by atoms with van der Waals surface area (Å²) in [5.41, 5.74) is 2.15. The van der Waals surface area contributed by atoms with Crippen LogP contribution in [-0.4, -0.2) is 23.4 Å². The molecule has 0 bridgehead atoms. The van der Waals surface area contributed by atoms with Gasteiger partial charge in [0.2, 0.25) is 0 Å². The minimum atomic E-state index is 0.0133. The summed E-state index contributed by atoms with van der Waals surface area (Å²) < 4.78 is 0. The van der Waals surface area contributed by atoms with Crippen LogP contribution >= 0.6 is 11.6 Å². The summed E-state index contributed by atoms with van der Waals surface area (Å²) in [4.78, 5) is 0. The Morgan fingerprint density at radius 1 is 0.950 bits per heavy atom. The Kier molecular flexibility index (Phi) is 5.41. The highest BCUT2D eigenvalue weighted by Crippen LogP contribution is 2.25. The molecule has 2 aromatic carbocycles. The number of benzene rings is 2. The molecule has 1 unspecified atom stereocenters. The van der Waals surface area contributed by atoms with E-state index in [1.807, 2.05) is 36.4 Å². The Hall–Kier alpha value is -1.55. The smallest absolute Gasteiger partial charge is 0.115 e. The maximum Gasteiger partial charge on any atom is 0.115 e. The maximum atomic E-state index is 9.39. The zero-order valence-corrected chi connectivity index (χ0v) is 11.8. The van der Waals surface area contributed by atoms with Crippen LogP contribution in [0, 0.1) is 0 Å². The number of halogens is 1. The molecule has 20 heavy (non-hydrogen) atoms. The van der Waals surface area contributed by atoms with E-state index in [0.29, 0.717) is 18.0 Å². The number of hydrogen-bond donors (Lipinski definition) is 3. The van der Waals surface area contributed by atoms with E-state index in [9.17, 15) is 5.11 Å². The van der Waals surface area contributed by atoms with E-state index >= 15 is 0 Å². The van der Waals surface area contributed by atoms with Crippen molar-refractivity contribution in [3.63, 3.8) is 0 Å². The van der Waals surface area contributed by atoms with Crippen LogP contribution < -0.4 is 5.32 Å². The fraction of sp³-hybridized carbons (Fsp3) is 0.250. The predicted molar refractivity (Wildman–Crippen MR) is 81.1 cm³/mol. The highest BCUT2D eigenvalue weighted by atomic mass is 35.5. The van der Waals surface area contributed by atoms with Crippen molar-refractivity contribution in [3.8, 4) is 5.75 Å². The van der Waals surface area contributed by atoms with Crippen LogP contribution in [0.5, 0.6) is 5.75 Å². The van der Waals surface area contributed by atoms with Crippen LogP contribution in [0.1, 0.15) is 23.6 Å². The number of nitrogens with one attached hydrogen (secondary N) is 1. The summed E-state index contributed by atoms with van der Waals surface area (Å²) in [6, 6.07) is 14.8. The normalized spacial score (nSPS) is 12.3. The largest absolute Gasteiger partial charge is 0.508 e. The molecule has 0 aliphatic rings. The molecule has 1 atom stereocenters. The minimum Gasteiger partial charge on any atom is -0.508 e. The van der Waals surface area contributed by atoms with Gasteiger partial charge in [0.1, 0.15) is 5.75 Å². The summed E-state index contributed by atoms with van der Waals surface area (Å²) in [7, 11) is 0. The van der Waals surface area contributed by atoms with Gasteiger partial charge in [-0.2, -0.15) is 0 Å². The zero-order chi connectivity index (χ0) is 14.4. The van der Waals surface area contributed by atoms with Crippen LogP contribution in [0.15, 0.2) is 48.5 Å². The van der Waals surface area contributed by atoms with Gasteiger partial charge in [0.05, 0.1) is 6.04 Å². The van der Waals surface area contributed by atoms with Gasteiger partial charge in [0.25, 0.3) is 0 Å². The van der Waals surface area contributed by atoms with E-state index in [1.54, 1.807) is 12.1 Å². The van der Waals surface area contributed by atoms with Gasteiger partial charge in [0, 0.05) is 11.6 Å². The lowest BCUT2D eigenvalue weighted by molar-refractivity contribution is 0.284. The van der Waals surface area contributed by atoms with Crippen LogP contribution in [0.2, 0.25) is 5.02 Å². The molecule has 2 rings (SSSR count). The topological polar surface area (TPSA) is 52.5 Å². The minimum absolute atomic E-state index is 0.0133. The first-order chi connectivity index (χ1) is 9.70.